The molecule has 154 valence electrons. The lowest BCUT2D eigenvalue weighted by molar-refractivity contribution is 0.0977. The van der Waals surface area contributed by atoms with Crippen molar-refractivity contribution >= 4 is 28.8 Å². The molecule has 0 unspecified atom stereocenters. The largest absolute Gasteiger partial charge is 0.356 e. The highest BCUT2D eigenvalue weighted by Gasteiger charge is 2.08. The highest BCUT2D eigenvalue weighted by molar-refractivity contribution is 6.04. The fourth-order valence-electron chi connectivity index (χ4n) is 3.09. The summed E-state index contributed by atoms with van der Waals surface area (Å²) in [6, 6.07) is 18.4. The molecule has 0 saturated carbocycles. The number of nitrogens with one attached hydrogen (secondary N) is 2. The summed E-state index contributed by atoms with van der Waals surface area (Å²) in [5.41, 5.74) is 3.66. The molecule has 0 fully saturated rings. The first-order chi connectivity index (χ1) is 14.5. The molecular formula is C25H27N3O2. The number of pyridine rings is 1. The first kappa shape index (κ1) is 21.2. The summed E-state index contributed by atoms with van der Waals surface area (Å²) in [6.07, 6.45) is 5.72. The zero-order valence-electron chi connectivity index (χ0n) is 17.4. The van der Waals surface area contributed by atoms with Gasteiger partial charge in [-0.2, -0.15) is 0 Å². The third kappa shape index (κ3) is 6.27. The van der Waals surface area contributed by atoms with Crippen LogP contribution < -0.4 is 10.6 Å². The van der Waals surface area contributed by atoms with Crippen molar-refractivity contribution in [2.24, 2.45) is 5.92 Å². The van der Waals surface area contributed by atoms with Gasteiger partial charge in [-0.15, -0.1) is 0 Å². The van der Waals surface area contributed by atoms with Gasteiger partial charge < -0.3 is 10.6 Å². The third-order valence-electron chi connectivity index (χ3n) is 4.73. The predicted molar refractivity (Wildman–Crippen MR) is 121 cm³/mol. The number of aromatic nitrogens is 1. The summed E-state index contributed by atoms with van der Waals surface area (Å²) in [5, 5.41) is 6.16. The van der Waals surface area contributed by atoms with Gasteiger partial charge in [-0.05, 0) is 60.9 Å². The Bertz CT molecular complexity index is 983. The Kier molecular flexibility index (Phi) is 7.33. The molecule has 0 radical (unpaired) electrons. The molecule has 0 bridgehead atoms. The van der Waals surface area contributed by atoms with E-state index < -0.39 is 0 Å². The lowest BCUT2D eigenvalue weighted by Gasteiger charge is -2.10. The van der Waals surface area contributed by atoms with Crippen LogP contribution in [0, 0.1) is 5.92 Å². The van der Waals surface area contributed by atoms with Crippen LogP contribution >= 0.6 is 0 Å². The molecule has 1 heterocycles. The highest BCUT2D eigenvalue weighted by atomic mass is 16.1. The Morgan fingerprint density at radius 2 is 1.63 bits per heavy atom. The number of Topliss-reactive ketones (excluding diaryl/α,β-unsaturated/α-hetero) is 1. The molecule has 5 nitrogen and oxygen atoms in total. The summed E-state index contributed by atoms with van der Waals surface area (Å²) in [7, 11) is 0. The van der Waals surface area contributed by atoms with Gasteiger partial charge in [0.05, 0.1) is 5.56 Å². The summed E-state index contributed by atoms with van der Waals surface area (Å²) in [4.78, 5) is 28.6. The molecule has 3 aromatic rings. The minimum absolute atomic E-state index is 0.174. The highest BCUT2D eigenvalue weighted by Crippen LogP contribution is 2.21. The zero-order valence-corrected chi connectivity index (χ0v) is 17.4. The molecule has 0 atom stereocenters. The molecule has 1 aromatic heterocycles. The van der Waals surface area contributed by atoms with Crippen molar-refractivity contribution in [3.63, 3.8) is 0 Å². The van der Waals surface area contributed by atoms with Gasteiger partial charge in [-0.3, -0.25) is 14.6 Å². The van der Waals surface area contributed by atoms with E-state index in [1.165, 1.54) is 6.20 Å². The fourth-order valence-corrected chi connectivity index (χ4v) is 3.09. The van der Waals surface area contributed by atoms with Crippen molar-refractivity contribution < 1.29 is 9.59 Å². The number of hydrogen-bond acceptors (Lipinski definition) is 4. The molecule has 2 aromatic carbocycles. The van der Waals surface area contributed by atoms with Gasteiger partial charge in [0.25, 0.3) is 5.91 Å². The van der Waals surface area contributed by atoms with Gasteiger partial charge in [0.15, 0.2) is 5.78 Å². The van der Waals surface area contributed by atoms with Crippen LogP contribution in [0.3, 0.4) is 0 Å². The second-order valence-electron chi connectivity index (χ2n) is 7.69. The van der Waals surface area contributed by atoms with Crippen LogP contribution in [-0.4, -0.2) is 16.7 Å². The summed E-state index contributed by atoms with van der Waals surface area (Å²) < 4.78 is 0. The Labute approximate surface area is 177 Å². The van der Waals surface area contributed by atoms with Crippen molar-refractivity contribution in [3.05, 3.63) is 84.2 Å². The molecule has 30 heavy (non-hydrogen) atoms. The Balaban J connectivity index is 1.59. The number of carbonyl (C=O) groups excluding carboxylic acids is 2. The van der Waals surface area contributed by atoms with E-state index in [1.54, 1.807) is 18.3 Å². The second-order valence-corrected chi connectivity index (χ2v) is 7.69. The number of anilines is 3. The van der Waals surface area contributed by atoms with Crippen LogP contribution in [0.5, 0.6) is 0 Å². The summed E-state index contributed by atoms with van der Waals surface area (Å²) >= 11 is 0. The molecule has 0 aliphatic carbocycles. The number of nitrogens with zero attached hydrogens (tertiary/aromatic N) is 1. The average molecular weight is 402 g/mol. The van der Waals surface area contributed by atoms with Gasteiger partial charge in [-0.25, -0.2) is 0 Å². The van der Waals surface area contributed by atoms with Crippen LogP contribution in [0.15, 0.2) is 73.1 Å². The number of ketones is 1. The monoisotopic (exact) mass is 401 g/mol. The normalized spacial score (nSPS) is 10.6. The molecule has 5 heteroatoms. The first-order valence-corrected chi connectivity index (χ1v) is 10.2. The Hall–Kier alpha value is -3.47. The minimum Gasteiger partial charge on any atom is -0.356 e. The Morgan fingerprint density at radius 1 is 0.900 bits per heavy atom. The maximum Gasteiger partial charge on any atom is 0.257 e. The van der Waals surface area contributed by atoms with E-state index in [-0.39, 0.29) is 11.7 Å². The molecule has 3 rings (SSSR count). The van der Waals surface area contributed by atoms with Crippen LogP contribution in [-0.2, 0) is 0 Å². The lowest BCUT2D eigenvalue weighted by Crippen LogP contribution is -2.11. The van der Waals surface area contributed by atoms with Crippen molar-refractivity contribution in [2.75, 3.05) is 10.6 Å². The molecular weight excluding hydrogens is 374 g/mol. The van der Waals surface area contributed by atoms with Crippen molar-refractivity contribution in [2.45, 2.75) is 33.1 Å². The van der Waals surface area contributed by atoms with E-state index in [0.717, 1.165) is 29.8 Å². The van der Waals surface area contributed by atoms with Gasteiger partial charge in [0.1, 0.15) is 0 Å². The number of carbonyl (C=O) groups is 2. The second kappa shape index (κ2) is 10.3. The zero-order chi connectivity index (χ0) is 21.3. The SMILES string of the molecule is CC(C)CCCC(=O)c1cccc(Nc2ccc(NC(=O)c3cccnc3)cc2)c1. The van der Waals surface area contributed by atoms with Crippen LogP contribution in [0.2, 0.25) is 0 Å². The quantitative estimate of drug-likeness (QED) is 0.426. The smallest absolute Gasteiger partial charge is 0.257 e. The predicted octanol–water partition coefficient (Wildman–Crippen LogP) is 6.09. The summed E-state index contributed by atoms with van der Waals surface area (Å²) in [6.45, 7) is 4.34. The van der Waals surface area contributed by atoms with E-state index in [2.05, 4.69) is 29.5 Å². The maximum atomic E-state index is 12.4. The van der Waals surface area contributed by atoms with Crippen molar-refractivity contribution in [1.82, 2.24) is 4.98 Å². The lowest BCUT2D eigenvalue weighted by atomic mass is 10.0. The average Bonchev–Trinajstić information content (AvgIpc) is 2.75. The van der Waals surface area contributed by atoms with Gasteiger partial charge in [-0.1, -0.05) is 32.4 Å². The molecule has 0 saturated heterocycles. The maximum absolute atomic E-state index is 12.4. The number of benzene rings is 2. The van der Waals surface area contributed by atoms with Gasteiger partial charge in [0.2, 0.25) is 0 Å². The van der Waals surface area contributed by atoms with E-state index in [0.29, 0.717) is 23.6 Å². The van der Waals surface area contributed by atoms with Crippen molar-refractivity contribution in [1.29, 1.82) is 0 Å². The number of amides is 1. The summed E-state index contributed by atoms with van der Waals surface area (Å²) in [5.74, 6) is 0.586. The van der Waals surface area contributed by atoms with Crippen LogP contribution in [0.4, 0.5) is 17.1 Å². The molecule has 2 N–H and O–H groups in total. The van der Waals surface area contributed by atoms with E-state index in [4.69, 9.17) is 0 Å². The minimum atomic E-state index is -0.201. The van der Waals surface area contributed by atoms with E-state index in [9.17, 15) is 9.59 Å². The topological polar surface area (TPSA) is 71.1 Å². The fraction of sp³-hybridized carbons (Fsp3) is 0.240. The van der Waals surface area contributed by atoms with Crippen molar-refractivity contribution in [3.8, 4) is 0 Å². The standard InChI is InChI=1S/C25H27N3O2/c1-18(2)6-3-10-24(29)19-7-4-9-23(16-19)27-21-11-13-22(14-12-21)28-25(30)20-8-5-15-26-17-20/h4-5,7-9,11-18,27H,3,6,10H2,1-2H3,(H,28,30). The van der Waals surface area contributed by atoms with Crippen LogP contribution in [0.1, 0.15) is 53.8 Å². The third-order valence-corrected chi connectivity index (χ3v) is 4.73. The molecule has 0 aliphatic rings. The molecule has 0 aliphatic heterocycles. The molecule has 1 amide bonds. The molecule has 0 spiro atoms. The van der Waals surface area contributed by atoms with E-state index in [1.807, 2.05) is 48.5 Å². The Morgan fingerprint density at radius 3 is 2.33 bits per heavy atom. The van der Waals surface area contributed by atoms with E-state index >= 15 is 0 Å². The van der Waals surface area contributed by atoms with Gasteiger partial charge >= 0.3 is 0 Å². The number of hydrogen-bond donors (Lipinski definition) is 2. The number of rotatable bonds is 9. The van der Waals surface area contributed by atoms with Crippen LogP contribution in [0.25, 0.3) is 0 Å². The first-order valence-electron chi connectivity index (χ1n) is 10.2. The van der Waals surface area contributed by atoms with Gasteiger partial charge in [0, 0.05) is 41.4 Å².